The monoisotopic (exact) mass is 407 g/mol. The molecule has 6 nitrogen and oxygen atoms in total. The van der Waals surface area contributed by atoms with Crippen LogP contribution in [-0.4, -0.2) is 44.5 Å². The summed E-state index contributed by atoms with van der Waals surface area (Å²) in [4.78, 5) is 30.4. The maximum absolute atomic E-state index is 13.0. The average molecular weight is 407 g/mol. The van der Waals surface area contributed by atoms with Gasteiger partial charge in [-0.25, -0.2) is 0 Å². The molecule has 3 rings (SSSR count). The lowest BCUT2D eigenvalue weighted by molar-refractivity contribution is 0.0846. The molecule has 1 aliphatic rings. The van der Waals surface area contributed by atoms with Gasteiger partial charge >= 0.3 is 0 Å². The van der Waals surface area contributed by atoms with Crippen LogP contribution in [0.3, 0.4) is 0 Å². The van der Waals surface area contributed by atoms with E-state index in [0.29, 0.717) is 22.6 Å². The van der Waals surface area contributed by atoms with Crippen molar-refractivity contribution in [2.24, 2.45) is 0 Å². The van der Waals surface area contributed by atoms with E-state index in [9.17, 15) is 9.59 Å². The zero-order valence-corrected chi connectivity index (χ0v) is 18.3. The summed E-state index contributed by atoms with van der Waals surface area (Å²) in [5.74, 6) is -0.233. The molecule has 2 radical (unpaired) electrons. The van der Waals surface area contributed by atoms with E-state index in [2.05, 4.69) is 22.1 Å². The van der Waals surface area contributed by atoms with Crippen molar-refractivity contribution in [2.75, 3.05) is 24.7 Å². The fourth-order valence-corrected chi connectivity index (χ4v) is 4.24. The Kier molecular flexibility index (Phi) is 7.03. The number of aromatic nitrogens is 1. The number of rotatable bonds is 6. The van der Waals surface area contributed by atoms with Crippen LogP contribution in [-0.2, 0) is 11.3 Å². The summed E-state index contributed by atoms with van der Waals surface area (Å²) >= 11 is 0. The average Bonchev–Trinajstić information content (AvgIpc) is 2.70. The van der Waals surface area contributed by atoms with Crippen LogP contribution in [0.5, 0.6) is 0 Å². The number of H-pyrrole nitrogens is 1. The van der Waals surface area contributed by atoms with Crippen molar-refractivity contribution in [3.63, 3.8) is 0 Å². The molecule has 30 heavy (non-hydrogen) atoms. The van der Waals surface area contributed by atoms with E-state index in [1.807, 2.05) is 32.9 Å². The summed E-state index contributed by atoms with van der Waals surface area (Å²) < 4.78 is 5.50. The zero-order chi connectivity index (χ0) is 21.8. The molecule has 1 aromatic carbocycles. The fraction of sp³-hybridized carbons (Fsp3) is 0.478. The van der Waals surface area contributed by atoms with Crippen molar-refractivity contribution in [1.29, 1.82) is 0 Å². The molecular formula is C23H30BN3O3. The molecule has 1 fully saturated rings. The molecule has 0 atom stereocenters. The second kappa shape index (κ2) is 9.52. The zero-order valence-electron chi connectivity index (χ0n) is 18.3. The van der Waals surface area contributed by atoms with E-state index >= 15 is 0 Å². The van der Waals surface area contributed by atoms with Gasteiger partial charge in [-0.2, -0.15) is 0 Å². The topological polar surface area (TPSA) is 74.4 Å². The summed E-state index contributed by atoms with van der Waals surface area (Å²) in [7, 11) is 6.17. The second-order valence-corrected chi connectivity index (χ2v) is 7.97. The largest absolute Gasteiger partial charge is 0.381 e. The lowest BCUT2D eigenvalue weighted by Crippen LogP contribution is -2.40. The Labute approximate surface area is 179 Å². The van der Waals surface area contributed by atoms with Gasteiger partial charge in [0.2, 0.25) is 0 Å². The number of nitrogens with zero attached hydrogens (tertiary/aromatic N) is 1. The number of carbonyl (C=O) groups is 1. The standard InChI is InChI=1S/C23H30BN3O3/c1-5-27(18-6-8-30-9-7-18)21-12-17(24)11-19(16(21)4)22(28)25-13-20-14(2)10-15(3)26-23(20)29/h10-12,18H,5-9,13H2,1-4H3,(H,25,28)(H,26,29). The van der Waals surface area contributed by atoms with Gasteiger partial charge in [-0.05, 0) is 63.8 Å². The molecule has 1 aliphatic heterocycles. The van der Waals surface area contributed by atoms with E-state index in [-0.39, 0.29) is 18.0 Å². The summed E-state index contributed by atoms with van der Waals surface area (Å²) in [5.41, 5.74) is 5.02. The summed E-state index contributed by atoms with van der Waals surface area (Å²) in [6, 6.07) is 5.92. The van der Waals surface area contributed by atoms with E-state index in [1.165, 1.54) is 0 Å². The minimum Gasteiger partial charge on any atom is -0.381 e. The highest BCUT2D eigenvalue weighted by Gasteiger charge is 2.24. The molecule has 2 N–H and O–H groups in total. The lowest BCUT2D eigenvalue weighted by atomic mass is 9.89. The molecular weight excluding hydrogens is 377 g/mol. The molecule has 0 bridgehead atoms. The van der Waals surface area contributed by atoms with Crippen molar-refractivity contribution < 1.29 is 9.53 Å². The van der Waals surface area contributed by atoms with E-state index < -0.39 is 0 Å². The predicted molar refractivity (Wildman–Crippen MR) is 121 cm³/mol. The Hall–Kier alpha value is -2.54. The van der Waals surface area contributed by atoms with Gasteiger partial charge < -0.3 is 19.9 Å². The van der Waals surface area contributed by atoms with Crippen LogP contribution in [0.1, 0.15) is 52.5 Å². The number of hydrogen-bond acceptors (Lipinski definition) is 4. The number of nitrogens with one attached hydrogen (secondary N) is 2. The van der Waals surface area contributed by atoms with Gasteiger partial charge in [-0.15, -0.1) is 0 Å². The van der Waals surface area contributed by atoms with Crippen LogP contribution in [0, 0.1) is 20.8 Å². The summed E-state index contributed by atoms with van der Waals surface area (Å²) in [5, 5.41) is 2.90. The number of anilines is 1. The molecule has 2 aromatic rings. The first-order valence-corrected chi connectivity index (χ1v) is 10.5. The van der Waals surface area contributed by atoms with Gasteiger partial charge in [-0.3, -0.25) is 9.59 Å². The van der Waals surface area contributed by atoms with Crippen molar-refractivity contribution in [3.05, 3.63) is 56.5 Å². The Balaban J connectivity index is 1.85. The van der Waals surface area contributed by atoms with Crippen molar-refractivity contribution in [3.8, 4) is 0 Å². The Morgan fingerprint density at radius 2 is 1.93 bits per heavy atom. The normalized spacial score (nSPS) is 14.5. The Morgan fingerprint density at radius 1 is 1.23 bits per heavy atom. The first kappa shape index (κ1) is 22.2. The number of pyridine rings is 1. The highest BCUT2D eigenvalue weighted by Crippen LogP contribution is 2.27. The molecule has 2 heterocycles. The van der Waals surface area contributed by atoms with Crippen molar-refractivity contribution >= 4 is 24.9 Å². The SMILES string of the molecule is [B]c1cc(C(=O)NCc2c(C)cc(C)[nH]c2=O)c(C)c(N(CC)C2CCOCC2)c1. The highest BCUT2D eigenvalue weighted by molar-refractivity contribution is 6.33. The van der Waals surface area contributed by atoms with Gasteiger partial charge in [0, 0.05) is 54.9 Å². The first-order chi connectivity index (χ1) is 14.3. The number of amides is 1. The molecule has 7 heteroatoms. The van der Waals surface area contributed by atoms with Gasteiger partial charge in [0.1, 0.15) is 7.85 Å². The van der Waals surface area contributed by atoms with Crippen LogP contribution >= 0.6 is 0 Å². The predicted octanol–water partition coefficient (Wildman–Crippen LogP) is 2.03. The molecule has 0 spiro atoms. The van der Waals surface area contributed by atoms with Crippen LogP contribution in [0.15, 0.2) is 23.0 Å². The third kappa shape index (κ3) is 4.78. The van der Waals surface area contributed by atoms with Gasteiger partial charge in [0.25, 0.3) is 11.5 Å². The number of aryl methyl sites for hydroxylation is 2. The van der Waals surface area contributed by atoms with Crippen LogP contribution in [0.4, 0.5) is 5.69 Å². The number of carbonyl (C=O) groups excluding carboxylic acids is 1. The highest BCUT2D eigenvalue weighted by atomic mass is 16.5. The third-order valence-electron chi connectivity index (χ3n) is 5.85. The van der Waals surface area contributed by atoms with Crippen LogP contribution in [0.25, 0.3) is 0 Å². The molecule has 158 valence electrons. The maximum Gasteiger partial charge on any atom is 0.253 e. The van der Waals surface area contributed by atoms with Gasteiger partial charge in [-0.1, -0.05) is 11.5 Å². The van der Waals surface area contributed by atoms with Gasteiger partial charge in [0.15, 0.2) is 0 Å². The Morgan fingerprint density at radius 3 is 2.57 bits per heavy atom. The Bertz CT molecular complexity index is 980. The number of ether oxygens (including phenoxy) is 1. The minimum absolute atomic E-state index is 0.168. The maximum atomic E-state index is 13.0. The number of aromatic amines is 1. The van der Waals surface area contributed by atoms with E-state index in [1.54, 1.807) is 6.07 Å². The molecule has 1 aromatic heterocycles. The lowest BCUT2D eigenvalue weighted by Gasteiger charge is -2.37. The van der Waals surface area contributed by atoms with E-state index in [0.717, 1.165) is 55.1 Å². The smallest absolute Gasteiger partial charge is 0.253 e. The van der Waals surface area contributed by atoms with Crippen molar-refractivity contribution in [2.45, 2.75) is 53.1 Å². The third-order valence-corrected chi connectivity index (χ3v) is 5.85. The molecule has 0 saturated carbocycles. The molecule has 1 saturated heterocycles. The second-order valence-electron chi connectivity index (χ2n) is 7.97. The molecule has 0 unspecified atom stereocenters. The van der Waals surface area contributed by atoms with Crippen molar-refractivity contribution in [1.82, 2.24) is 10.3 Å². The molecule has 0 aliphatic carbocycles. The van der Waals surface area contributed by atoms with Gasteiger partial charge in [0.05, 0.1) is 0 Å². The summed E-state index contributed by atoms with van der Waals surface area (Å²) in [6.07, 6.45) is 1.91. The number of benzene rings is 1. The fourth-order valence-electron chi connectivity index (χ4n) is 4.24. The van der Waals surface area contributed by atoms with Crippen LogP contribution in [0.2, 0.25) is 0 Å². The van der Waals surface area contributed by atoms with E-state index in [4.69, 9.17) is 12.6 Å². The quantitative estimate of drug-likeness (QED) is 0.719. The van der Waals surface area contributed by atoms with Crippen LogP contribution < -0.4 is 21.2 Å². The summed E-state index contributed by atoms with van der Waals surface area (Å²) in [6.45, 7) is 10.3. The number of hydrogen-bond donors (Lipinski definition) is 2. The first-order valence-electron chi connectivity index (χ1n) is 10.5. The molecule has 1 amide bonds. The minimum atomic E-state index is -0.233.